The Labute approximate surface area is 130 Å². The molecule has 0 radical (unpaired) electrons. The number of hydrogen-bond acceptors (Lipinski definition) is 3. The highest BCUT2D eigenvalue weighted by atomic mass is 32.2. The number of carbonyl (C=O) groups excluding carboxylic acids is 2. The van der Waals surface area contributed by atoms with Crippen LogP contribution in [0.25, 0.3) is 0 Å². The summed E-state index contributed by atoms with van der Waals surface area (Å²) < 4.78 is 0. The van der Waals surface area contributed by atoms with E-state index in [9.17, 15) is 9.59 Å². The summed E-state index contributed by atoms with van der Waals surface area (Å²) >= 11 is 1.72. The molecular formula is C16H22N2O2S. The van der Waals surface area contributed by atoms with E-state index >= 15 is 0 Å². The van der Waals surface area contributed by atoms with Gasteiger partial charge in [0.05, 0.1) is 6.54 Å². The third-order valence-corrected chi connectivity index (χ3v) is 4.48. The SMILES string of the molecule is Cc1ccc(SCCNC(=O)CN2CCCCC2=O)cc1. The van der Waals surface area contributed by atoms with E-state index < -0.39 is 0 Å². The van der Waals surface area contributed by atoms with Gasteiger partial charge in [-0.25, -0.2) is 0 Å². The van der Waals surface area contributed by atoms with Crippen molar-refractivity contribution in [3.63, 3.8) is 0 Å². The lowest BCUT2D eigenvalue weighted by atomic mass is 10.1. The van der Waals surface area contributed by atoms with Crippen LogP contribution in [-0.4, -0.2) is 42.1 Å². The van der Waals surface area contributed by atoms with E-state index in [0.717, 1.165) is 18.6 Å². The maximum Gasteiger partial charge on any atom is 0.239 e. The van der Waals surface area contributed by atoms with Gasteiger partial charge in [-0.15, -0.1) is 11.8 Å². The Bertz CT molecular complexity index is 488. The Kier molecular flexibility index (Phi) is 6.11. The molecular weight excluding hydrogens is 284 g/mol. The second kappa shape index (κ2) is 8.08. The number of piperidine rings is 1. The van der Waals surface area contributed by atoms with E-state index in [1.54, 1.807) is 16.7 Å². The van der Waals surface area contributed by atoms with E-state index in [1.807, 2.05) is 0 Å². The largest absolute Gasteiger partial charge is 0.354 e. The molecule has 21 heavy (non-hydrogen) atoms. The average molecular weight is 306 g/mol. The summed E-state index contributed by atoms with van der Waals surface area (Å²) in [5.41, 5.74) is 1.25. The molecule has 0 aromatic heterocycles. The molecule has 1 aromatic carbocycles. The van der Waals surface area contributed by atoms with Gasteiger partial charge < -0.3 is 10.2 Å². The molecule has 0 spiro atoms. The molecule has 114 valence electrons. The predicted molar refractivity (Wildman–Crippen MR) is 85.3 cm³/mol. The Morgan fingerprint density at radius 3 is 2.76 bits per heavy atom. The Morgan fingerprint density at radius 2 is 2.05 bits per heavy atom. The smallest absolute Gasteiger partial charge is 0.239 e. The summed E-state index contributed by atoms with van der Waals surface area (Å²) in [4.78, 5) is 26.3. The van der Waals surface area contributed by atoms with Crippen LogP contribution >= 0.6 is 11.8 Å². The highest BCUT2D eigenvalue weighted by molar-refractivity contribution is 7.99. The number of carbonyl (C=O) groups is 2. The molecule has 1 N–H and O–H groups in total. The number of nitrogens with one attached hydrogen (secondary N) is 1. The quantitative estimate of drug-likeness (QED) is 0.647. The highest BCUT2D eigenvalue weighted by Crippen LogP contribution is 2.17. The molecule has 1 fully saturated rings. The minimum Gasteiger partial charge on any atom is -0.354 e. The molecule has 0 saturated carbocycles. The molecule has 2 amide bonds. The van der Waals surface area contributed by atoms with Crippen molar-refractivity contribution in [3.8, 4) is 0 Å². The second-order valence-electron chi connectivity index (χ2n) is 5.28. The summed E-state index contributed by atoms with van der Waals surface area (Å²) in [6, 6.07) is 8.36. The van der Waals surface area contributed by atoms with Crippen molar-refractivity contribution in [1.82, 2.24) is 10.2 Å². The standard InChI is InChI=1S/C16H22N2O2S/c1-13-5-7-14(8-6-13)21-11-9-17-15(19)12-18-10-3-2-4-16(18)20/h5-8H,2-4,9-12H2,1H3,(H,17,19). The van der Waals surface area contributed by atoms with Crippen molar-refractivity contribution in [1.29, 1.82) is 0 Å². The number of aryl methyl sites for hydroxylation is 1. The average Bonchev–Trinajstić information content (AvgIpc) is 2.48. The van der Waals surface area contributed by atoms with Crippen molar-refractivity contribution < 1.29 is 9.59 Å². The third-order valence-electron chi connectivity index (χ3n) is 3.47. The van der Waals surface area contributed by atoms with Gasteiger partial charge in [-0.05, 0) is 31.9 Å². The fraction of sp³-hybridized carbons (Fsp3) is 0.500. The molecule has 0 aliphatic carbocycles. The van der Waals surface area contributed by atoms with Gasteiger partial charge in [0.15, 0.2) is 0 Å². The van der Waals surface area contributed by atoms with E-state index in [-0.39, 0.29) is 18.4 Å². The zero-order valence-corrected chi connectivity index (χ0v) is 13.2. The third kappa shape index (κ3) is 5.42. The monoisotopic (exact) mass is 306 g/mol. The molecule has 1 heterocycles. The fourth-order valence-electron chi connectivity index (χ4n) is 2.25. The number of likely N-dealkylation sites (tertiary alicyclic amines) is 1. The lowest BCUT2D eigenvalue weighted by Crippen LogP contribution is -2.43. The summed E-state index contributed by atoms with van der Waals surface area (Å²) in [6.45, 7) is 3.61. The predicted octanol–water partition coefficient (Wildman–Crippen LogP) is 2.22. The maximum atomic E-state index is 11.8. The van der Waals surface area contributed by atoms with E-state index in [4.69, 9.17) is 0 Å². The lowest BCUT2D eigenvalue weighted by Gasteiger charge is -2.25. The van der Waals surface area contributed by atoms with Crippen LogP contribution in [0.5, 0.6) is 0 Å². The summed E-state index contributed by atoms with van der Waals surface area (Å²) in [5.74, 6) is 0.878. The van der Waals surface area contributed by atoms with Crippen molar-refractivity contribution in [2.75, 3.05) is 25.4 Å². The molecule has 5 heteroatoms. The fourth-order valence-corrected chi connectivity index (χ4v) is 3.02. The van der Waals surface area contributed by atoms with Gasteiger partial charge in [-0.1, -0.05) is 17.7 Å². The van der Waals surface area contributed by atoms with Gasteiger partial charge >= 0.3 is 0 Å². The van der Waals surface area contributed by atoms with Crippen molar-refractivity contribution >= 4 is 23.6 Å². The number of nitrogens with zero attached hydrogens (tertiary/aromatic N) is 1. The van der Waals surface area contributed by atoms with Crippen molar-refractivity contribution in [3.05, 3.63) is 29.8 Å². The van der Waals surface area contributed by atoms with Crippen LogP contribution in [0, 0.1) is 6.92 Å². The number of thioether (sulfide) groups is 1. The second-order valence-corrected chi connectivity index (χ2v) is 6.45. The van der Waals surface area contributed by atoms with Gasteiger partial charge in [-0.3, -0.25) is 9.59 Å². The van der Waals surface area contributed by atoms with Crippen LogP contribution in [0.15, 0.2) is 29.2 Å². The molecule has 0 unspecified atom stereocenters. The lowest BCUT2D eigenvalue weighted by molar-refractivity contribution is -0.137. The first-order valence-corrected chi connectivity index (χ1v) is 8.37. The molecule has 0 atom stereocenters. The first-order chi connectivity index (χ1) is 10.1. The molecule has 0 bridgehead atoms. The Balaban J connectivity index is 1.62. The van der Waals surface area contributed by atoms with Crippen LogP contribution in [0.3, 0.4) is 0 Å². The van der Waals surface area contributed by atoms with Gasteiger partial charge in [-0.2, -0.15) is 0 Å². The molecule has 1 aliphatic rings. The normalized spacial score (nSPS) is 15.1. The number of benzene rings is 1. The van der Waals surface area contributed by atoms with Gasteiger partial charge in [0.2, 0.25) is 11.8 Å². The number of hydrogen-bond donors (Lipinski definition) is 1. The topological polar surface area (TPSA) is 49.4 Å². The minimum absolute atomic E-state index is 0.0604. The summed E-state index contributed by atoms with van der Waals surface area (Å²) in [5, 5.41) is 2.88. The zero-order chi connectivity index (χ0) is 15.1. The minimum atomic E-state index is -0.0604. The van der Waals surface area contributed by atoms with Crippen molar-refractivity contribution in [2.45, 2.75) is 31.1 Å². The van der Waals surface area contributed by atoms with Gasteiger partial charge in [0.25, 0.3) is 0 Å². The summed E-state index contributed by atoms with van der Waals surface area (Å²) in [6.07, 6.45) is 2.53. The molecule has 1 aliphatic heterocycles. The molecule has 1 aromatic rings. The van der Waals surface area contributed by atoms with Crippen LogP contribution in [0.4, 0.5) is 0 Å². The van der Waals surface area contributed by atoms with E-state index in [0.29, 0.717) is 19.5 Å². The summed E-state index contributed by atoms with van der Waals surface area (Å²) in [7, 11) is 0. The first kappa shape index (κ1) is 15.9. The molecule has 4 nitrogen and oxygen atoms in total. The van der Waals surface area contributed by atoms with Gasteiger partial charge in [0.1, 0.15) is 0 Å². The number of rotatable bonds is 6. The Hall–Kier alpha value is -1.49. The maximum absolute atomic E-state index is 11.8. The van der Waals surface area contributed by atoms with Crippen LogP contribution in [-0.2, 0) is 9.59 Å². The number of amides is 2. The van der Waals surface area contributed by atoms with Crippen LogP contribution < -0.4 is 5.32 Å². The van der Waals surface area contributed by atoms with Gasteiger partial charge in [0, 0.05) is 30.2 Å². The zero-order valence-electron chi connectivity index (χ0n) is 12.4. The molecule has 1 saturated heterocycles. The molecule has 2 rings (SSSR count). The van der Waals surface area contributed by atoms with E-state index in [1.165, 1.54) is 10.5 Å². The van der Waals surface area contributed by atoms with Crippen LogP contribution in [0.2, 0.25) is 0 Å². The van der Waals surface area contributed by atoms with Crippen molar-refractivity contribution in [2.24, 2.45) is 0 Å². The first-order valence-electron chi connectivity index (χ1n) is 7.39. The Morgan fingerprint density at radius 1 is 1.29 bits per heavy atom. The van der Waals surface area contributed by atoms with Crippen LogP contribution in [0.1, 0.15) is 24.8 Å². The van der Waals surface area contributed by atoms with E-state index in [2.05, 4.69) is 36.5 Å². The highest BCUT2D eigenvalue weighted by Gasteiger charge is 2.19.